The molecule has 2 heteroatoms. The fraction of sp³-hybridized carbons (Fsp3) is 0.667. The fourth-order valence-electron chi connectivity index (χ4n) is 3.73. The summed E-state index contributed by atoms with van der Waals surface area (Å²) >= 11 is 0. The molecule has 2 nitrogen and oxygen atoms in total. The standard InChI is InChI=1S/C18H30N2/c1-6-18(7-2)13-19-8-9-20(18)12-17-15(4)10-14(3)11-16(17)5/h10-11,19H,6-9,12-13H2,1-5H3. The molecule has 1 fully saturated rings. The minimum absolute atomic E-state index is 0.335. The minimum Gasteiger partial charge on any atom is -0.314 e. The Bertz CT molecular complexity index is 437. The number of nitrogens with zero attached hydrogens (tertiary/aromatic N) is 1. The van der Waals surface area contributed by atoms with Gasteiger partial charge < -0.3 is 5.32 Å². The summed E-state index contributed by atoms with van der Waals surface area (Å²) in [6, 6.07) is 4.65. The van der Waals surface area contributed by atoms with Crippen LogP contribution in [-0.2, 0) is 6.54 Å². The second-order valence-corrected chi connectivity index (χ2v) is 6.41. The first-order chi connectivity index (χ1) is 9.52. The molecule has 20 heavy (non-hydrogen) atoms. The number of piperazine rings is 1. The highest BCUT2D eigenvalue weighted by Crippen LogP contribution is 2.29. The van der Waals surface area contributed by atoms with Crippen LogP contribution in [0.1, 0.15) is 48.9 Å². The first-order valence-corrected chi connectivity index (χ1v) is 8.05. The van der Waals surface area contributed by atoms with Crippen LogP contribution in [0.5, 0.6) is 0 Å². The molecule has 0 aliphatic carbocycles. The molecule has 0 bridgehead atoms. The Morgan fingerprint density at radius 1 is 1.10 bits per heavy atom. The lowest BCUT2D eigenvalue weighted by atomic mass is 9.87. The normalized spacial score (nSPS) is 19.2. The van der Waals surface area contributed by atoms with Crippen LogP contribution in [-0.4, -0.2) is 30.1 Å². The van der Waals surface area contributed by atoms with Crippen molar-refractivity contribution < 1.29 is 0 Å². The van der Waals surface area contributed by atoms with Crippen molar-refractivity contribution in [3.8, 4) is 0 Å². The maximum absolute atomic E-state index is 3.59. The topological polar surface area (TPSA) is 15.3 Å². The molecule has 1 heterocycles. The summed E-state index contributed by atoms with van der Waals surface area (Å²) in [5, 5.41) is 3.59. The van der Waals surface area contributed by atoms with Crippen molar-refractivity contribution in [1.82, 2.24) is 10.2 Å². The van der Waals surface area contributed by atoms with Gasteiger partial charge in [-0.3, -0.25) is 4.90 Å². The van der Waals surface area contributed by atoms with E-state index < -0.39 is 0 Å². The van der Waals surface area contributed by atoms with E-state index in [4.69, 9.17) is 0 Å². The Labute approximate surface area is 124 Å². The molecule has 2 rings (SSSR count). The zero-order valence-corrected chi connectivity index (χ0v) is 13.8. The van der Waals surface area contributed by atoms with Gasteiger partial charge in [0.1, 0.15) is 0 Å². The molecular weight excluding hydrogens is 244 g/mol. The summed E-state index contributed by atoms with van der Waals surface area (Å²) in [5.41, 5.74) is 6.14. The third kappa shape index (κ3) is 2.91. The Kier molecular flexibility index (Phi) is 4.87. The molecule has 0 saturated carbocycles. The first-order valence-electron chi connectivity index (χ1n) is 8.05. The fourth-order valence-corrected chi connectivity index (χ4v) is 3.73. The minimum atomic E-state index is 0.335. The van der Waals surface area contributed by atoms with Gasteiger partial charge >= 0.3 is 0 Å². The smallest absolute Gasteiger partial charge is 0.0332 e. The average Bonchev–Trinajstić information content (AvgIpc) is 2.43. The molecule has 0 radical (unpaired) electrons. The van der Waals surface area contributed by atoms with Gasteiger partial charge in [-0.05, 0) is 50.3 Å². The molecule has 1 aliphatic heterocycles. The van der Waals surface area contributed by atoms with Gasteiger partial charge in [0.2, 0.25) is 0 Å². The number of aryl methyl sites for hydroxylation is 3. The highest BCUT2D eigenvalue weighted by Gasteiger charge is 2.35. The monoisotopic (exact) mass is 274 g/mol. The highest BCUT2D eigenvalue weighted by atomic mass is 15.3. The predicted octanol–water partition coefficient (Wildman–Crippen LogP) is 3.58. The van der Waals surface area contributed by atoms with Crippen molar-refractivity contribution in [2.75, 3.05) is 19.6 Å². The van der Waals surface area contributed by atoms with E-state index in [1.165, 1.54) is 35.1 Å². The van der Waals surface area contributed by atoms with E-state index in [2.05, 4.69) is 57.0 Å². The molecule has 0 amide bonds. The molecule has 1 saturated heterocycles. The van der Waals surface area contributed by atoms with E-state index in [9.17, 15) is 0 Å². The number of benzene rings is 1. The number of hydrogen-bond acceptors (Lipinski definition) is 2. The van der Waals surface area contributed by atoms with Gasteiger partial charge in [0.25, 0.3) is 0 Å². The van der Waals surface area contributed by atoms with E-state index in [0.29, 0.717) is 5.54 Å². The van der Waals surface area contributed by atoms with Crippen LogP contribution in [0.4, 0.5) is 0 Å². The second kappa shape index (κ2) is 6.28. The number of hydrogen-bond donors (Lipinski definition) is 1. The maximum atomic E-state index is 3.59. The van der Waals surface area contributed by atoms with Gasteiger partial charge in [0, 0.05) is 31.7 Å². The summed E-state index contributed by atoms with van der Waals surface area (Å²) in [7, 11) is 0. The summed E-state index contributed by atoms with van der Waals surface area (Å²) in [4.78, 5) is 2.72. The molecular formula is C18H30N2. The summed E-state index contributed by atoms with van der Waals surface area (Å²) in [6.45, 7) is 15.9. The Morgan fingerprint density at radius 2 is 1.70 bits per heavy atom. The van der Waals surface area contributed by atoms with Gasteiger partial charge in [0.05, 0.1) is 0 Å². The average molecular weight is 274 g/mol. The lowest BCUT2D eigenvalue weighted by molar-refractivity contribution is 0.0444. The van der Waals surface area contributed by atoms with Crippen LogP contribution < -0.4 is 5.32 Å². The zero-order chi connectivity index (χ0) is 14.8. The van der Waals surface area contributed by atoms with E-state index >= 15 is 0 Å². The third-order valence-electron chi connectivity index (χ3n) is 5.19. The highest BCUT2D eigenvalue weighted by molar-refractivity contribution is 5.37. The lowest BCUT2D eigenvalue weighted by Crippen LogP contribution is -2.60. The maximum Gasteiger partial charge on any atom is 0.0332 e. The van der Waals surface area contributed by atoms with E-state index in [-0.39, 0.29) is 0 Å². The van der Waals surface area contributed by atoms with Crippen molar-refractivity contribution in [3.05, 3.63) is 34.4 Å². The van der Waals surface area contributed by atoms with Crippen molar-refractivity contribution >= 4 is 0 Å². The van der Waals surface area contributed by atoms with Gasteiger partial charge in [-0.15, -0.1) is 0 Å². The SMILES string of the molecule is CCC1(CC)CNCCN1Cc1c(C)cc(C)cc1C. The summed E-state index contributed by atoms with van der Waals surface area (Å²) in [5.74, 6) is 0. The Hall–Kier alpha value is -0.860. The van der Waals surface area contributed by atoms with Gasteiger partial charge in [-0.1, -0.05) is 31.5 Å². The number of nitrogens with one attached hydrogen (secondary N) is 1. The van der Waals surface area contributed by atoms with Crippen molar-refractivity contribution in [2.24, 2.45) is 0 Å². The van der Waals surface area contributed by atoms with Crippen LogP contribution in [0.3, 0.4) is 0 Å². The van der Waals surface area contributed by atoms with Crippen molar-refractivity contribution in [3.63, 3.8) is 0 Å². The molecule has 112 valence electrons. The van der Waals surface area contributed by atoms with E-state index in [1.807, 2.05) is 0 Å². The van der Waals surface area contributed by atoms with Crippen molar-refractivity contribution in [1.29, 1.82) is 0 Å². The molecule has 0 atom stereocenters. The largest absolute Gasteiger partial charge is 0.314 e. The van der Waals surface area contributed by atoms with E-state index in [0.717, 1.165) is 26.2 Å². The Morgan fingerprint density at radius 3 is 2.25 bits per heavy atom. The van der Waals surface area contributed by atoms with Crippen LogP contribution in [0.15, 0.2) is 12.1 Å². The molecule has 1 aromatic rings. The van der Waals surface area contributed by atoms with Gasteiger partial charge in [0.15, 0.2) is 0 Å². The van der Waals surface area contributed by atoms with Crippen LogP contribution in [0.2, 0.25) is 0 Å². The molecule has 0 spiro atoms. The van der Waals surface area contributed by atoms with Crippen LogP contribution >= 0.6 is 0 Å². The first kappa shape index (κ1) is 15.5. The van der Waals surface area contributed by atoms with Crippen LogP contribution in [0.25, 0.3) is 0 Å². The van der Waals surface area contributed by atoms with Gasteiger partial charge in [-0.25, -0.2) is 0 Å². The Balaban J connectivity index is 2.28. The van der Waals surface area contributed by atoms with Gasteiger partial charge in [-0.2, -0.15) is 0 Å². The van der Waals surface area contributed by atoms with E-state index in [1.54, 1.807) is 0 Å². The van der Waals surface area contributed by atoms with Crippen molar-refractivity contribution in [2.45, 2.75) is 59.5 Å². The summed E-state index contributed by atoms with van der Waals surface area (Å²) < 4.78 is 0. The molecule has 0 unspecified atom stereocenters. The quantitative estimate of drug-likeness (QED) is 0.903. The molecule has 1 aliphatic rings. The zero-order valence-electron chi connectivity index (χ0n) is 13.8. The predicted molar refractivity (Wildman–Crippen MR) is 87.2 cm³/mol. The van der Waals surface area contributed by atoms with Crippen LogP contribution in [0, 0.1) is 20.8 Å². The second-order valence-electron chi connectivity index (χ2n) is 6.41. The number of rotatable bonds is 4. The lowest BCUT2D eigenvalue weighted by Gasteiger charge is -2.47. The molecule has 1 aromatic carbocycles. The molecule has 1 N–H and O–H groups in total. The molecule has 0 aromatic heterocycles. The summed E-state index contributed by atoms with van der Waals surface area (Å²) in [6.07, 6.45) is 2.45. The third-order valence-corrected chi connectivity index (χ3v) is 5.19.